The molecule has 0 saturated heterocycles. The number of benzene rings is 1. The molecule has 0 fully saturated rings. The molecule has 6 heteroatoms. The molecule has 2 aromatic rings. The van der Waals surface area contributed by atoms with E-state index >= 15 is 0 Å². The van der Waals surface area contributed by atoms with Gasteiger partial charge in [0.15, 0.2) is 5.69 Å². The number of fused-ring (bicyclic) bond motifs is 1. The second-order valence-corrected chi connectivity index (χ2v) is 4.19. The Bertz CT molecular complexity index is 604. The Morgan fingerprint density at radius 2 is 2.06 bits per heavy atom. The molecule has 0 unspecified atom stereocenters. The van der Waals surface area contributed by atoms with Gasteiger partial charge in [-0.05, 0) is 29.8 Å². The minimum absolute atomic E-state index is 0.482. The zero-order valence-electron chi connectivity index (χ0n) is 9.65. The average Bonchev–Trinajstić information content (AvgIpc) is 2.77. The molecule has 18 heavy (non-hydrogen) atoms. The minimum Gasteiger partial charge on any atom is -0.692 e. The molecule has 0 amide bonds. The van der Waals surface area contributed by atoms with Crippen LogP contribution in [0.1, 0.15) is 24.2 Å². The lowest BCUT2D eigenvalue weighted by molar-refractivity contribution is -0.695. The van der Waals surface area contributed by atoms with Crippen molar-refractivity contribution in [2.24, 2.45) is 5.16 Å². The predicted octanol–water partition coefficient (Wildman–Crippen LogP) is 1.02. The van der Waals surface area contributed by atoms with Crippen LogP contribution in [-0.2, 0) is 6.42 Å². The average molecular weight is 244 g/mol. The Hall–Kier alpha value is -2.37. The summed E-state index contributed by atoms with van der Waals surface area (Å²) in [5.41, 5.74) is 2.25. The first-order valence-electron chi connectivity index (χ1n) is 5.79. The summed E-state index contributed by atoms with van der Waals surface area (Å²) in [6.07, 6.45) is 2.11. The maximum absolute atomic E-state index is 12.2. The minimum atomic E-state index is 0.482. The maximum atomic E-state index is 12.2. The first kappa shape index (κ1) is 10.8. The van der Waals surface area contributed by atoms with E-state index in [4.69, 9.17) is 5.21 Å². The van der Waals surface area contributed by atoms with Crippen LogP contribution >= 0.6 is 0 Å². The SMILES string of the molecule is [O-][n+]1c2c(nn1-c1ccccc1)/C(=N/O)CCC2. The number of para-hydroxylation sites is 1. The van der Waals surface area contributed by atoms with Crippen LogP contribution in [0, 0.1) is 5.21 Å². The number of hydrogen-bond donors (Lipinski definition) is 1. The van der Waals surface area contributed by atoms with Crippen LogP contribution < -0.4 is 4.85 Å². The maximum Gasteiger partial charge on any atom is 0.270 e. The lowest BCUT2D eigenvalue weighted by Crippen LogP contribution is -2.40. The number of rotatable bonds is 1. The number of hydrogen-bond acceptors (Lipinski definition) is 4. The fraction of sp³-hybridized carbons (Fsp3) is 0.250. The predicted molar refractivity (Wildman–Crippen MR) is 63.8 cm³/mol. The van der Waals surface area contributed by atoms with Gasteiger partial charge >= 0.3 is 0 Å². The third-order valence-corrected chi connectivity index (χ3v) is 3.08. The number of nitrogens with zero attached hydrogens (tertiary/aromatic N) is 4. The molecular formula is C12H12N4O2. The van der Waals surface area contributed by atoms with Crippen LogP contribution in [0.4, 0.5) is 0 Å². The molecule has 0 atom stereocenters. The quantitative estimate of drug-likeness (QED) is 0.352. The van der Waals surface area contributed by atoms with Crippen molar-refractivity contribution in [2.45, 2.75) is 19.3 Å². The van der Waals surface area contributed by atoms with Crippen LogP contribution in [0.25, 0.3) is 5.69 Å². The lowest BCUT2D eigenvalue weighted by atomic mass is 9.99. The van der Waals surface area contributed by atoms with Crippen molar-refractivity contribution >= 4 is 5.71 Å². The molecule has 1 aromatic heterocycles. The second kappa shape index (κ2) is 4.14. The van der Waals surface area contributed by atoms with Crippen LogP contribution in [0.5, 0.6) is 0 Å². The van der Waals surface area contributed by atoms with Gasteiger partial charge < -0.3 is 10.4 Å². The van der Waals surface area contributed by atoms with E-state index in [0.717, 1.165) is 11.3 Å². The Labute approximate surface area is 103 Å². The molecule has 0 bridgehead atoms. The molecule has 1 aromatic carbocycles. The van der Waals surface area contributed by atoms with E-state index in [1.54, 1.807) is 0 Å². The largest absolute Gasteiger partial charge is 0.692 e. The molecule has 1 heterocycles. The van der Waals surface area contributed by atoms with Crippen molar-refractivity contribution < 1.29 is 10.1 Å². The van der Waals surface area contributed by atoms with Crippen molar-refractivity contribution in [3.8, 4) is 5.69 Å². The smallest absolute Gasteiger partial charge is 0.270 e. The summed E-state index contributed by atoms with van der Waals surface area (Å²) in [5, 5.41) is 28.6. The van der Waals surface area contributed by atoms with Crippen molar-refractivity contribution in [1.82, 2.24) is 9.90 Å². The molecule has 3 rings (SSSR count). The van der Waals surface area contributed by atoms with Gasteiger partial charge in [0.1, 0.15) is 11.4 Å². The van der Waals surface area contributed by atoms with Gasteiger partial charge in [-0.15, -0.1) is 4.85 Å². The van der Waals surface area contributed by atoms with Gasteiger partial charge in [0.05, 0.1) is 5.10 Å². The van der Waals surface area contributed by atoms with Gasteiger partial charge in [-0.3, -0.25) is 0 Å². The first-order valence-corrected chi connectivity index (χ1v) is 5.79. The molecule has 0 aliphatic heterocycles. The van der Waals surface area contributed by atoms with Gasteiger partial charge in [0.25, 0.3) is 5.69 Å². The van der Waals surface area contributed by atoms with E-state index in [-0.39, 0.29) is 0 Å². The van der Waals surface area contributed by atoms with Crippen molar-refractivity contribution in [1.29, 1.82) is 0 Å². The highest BCUT2D eigenvalue weighted by atomic mass is 16.5. The zero-order chi connectivity index (χ0) is 12.5. The summed E-state index contributed by atoms with van der Waals surface area (Å²) >= 11 is 0. The van der Waals surface area contributed by atoms with Gasteiger partial charge in [-0.25, -0.2) is 0 Å². The standard InChI is InChI=1S/C12H12N4O2/c17-14-10-7-4-8-11-12(10)13-15(16(11)18)9-5-2-1-3-6-9/h1-3,5-6,17H,4,7-8H2/b14-10+. The summed E-state index contributed by atoms with van der Waals surface area (Å²) in [6.45, 7) is 0. The molecule has 0 saturated carbocycles. The fourth-order valence-corrected chi connectivity index (χ4v) is 2.20. The Kier molecular flexibility index (Phi) is 2.47. The molecule has 0 radical (unpaired) electrons. The van der Waals surface area contributed by atoms with Crippen LogP contribution in [0.3, 0.4) is 0 Å². The van der Waals surface area contributed by atoms with E-state index in [1.807, 2.05) is 30.3 Å². The van der Waals surface area contributed by atoms with Gasteiger partial charge in [0.2, 0.25) is 0 Å². The fourth-order valence-electron chi connectivity index (χ4n) is 2.20. The summed E-state index contributed by atoms with van der Waals surface area (Å²) in [4.78, 5) is 2.07. The van der Waals surface area contributed by atoms with Gasteiger partial charge in [-0.1, -0.05) is 23.4 Å². The van der Waals surface area contributed by atoms with E-state index in [2.05, 4.69) is 10.3 Å². The zero-order valence-corrected chi connectivity index (χ0v) is 9.65. The monoisotopic (exact) mass is 244 g/mol. The highest BCUT2D eigenvalue weighted by Gasteiger charge is 2.31. The molecule has 1 aliphatic carbocycles. The summed E-state index contributed by atoms with van der Waals surface area (Å²) in [6, 6.07) is 9.18. The first-order chi connectivity index (χ1) is 8.81. The van der Waals surface area contributed by atoms with Crippen molar-refractivity contribution in [2.75, 3.05) is 0 Å². The molecule has 1 N–H and O–H groups in total. The second-order valence-electron chi connectivity index (χ2n) is 4.19. The molecule has 1 aliphatic rings. The Balaban J connectivity index is 2.17. The summed E-state index contributed by atoms with van der Waals surface area (Å²) in [7, 11) is 0. The summed E-state index contributed by atoms with van der Waals surface area (Å²) < 4.78 is 0. The normalized spacial score (nSPS) is 16.8. The van der Waals surface area contributed by atoms with E-state index in [9.17, 15) is 5.21 Å². The Morgan fingerprint density at radius 3 is 2.78 bits per heavy atom. The van der Waals surface area contributed by atoms with E-state index in [1.165, 1.54) is 4.80 Å². The number of oxime groups is 1. The highest BCUT2D eigenvalue weighted by Crippen LogP contribution is 2.18. The molecule has 6 nitrogen and oxygen atoms in total. The number of aromatic nitrogens is 3. The van der Waals surface area contributed by atoms with Crippen molar-refractivity contribution in [3.05, 3.63) is 46.9 Å². The highest BCUT2D eigenvalue weighted by molar-refractivity contribution is 5.99. The Morgan fingerprint density at radius 1 is 1.28 bits per heavy atom. The summed E-state index contributed by atoms with van der Waals surface area (Å²) in [5.74, 6) is 0. The van der Waals surface area contributed by atoms with E-state index in [0.29, 0.717) is 35.6 Å². The third kappa shape index (κ3) is 1.54. The topological polar surface area (TPSA) is 77.3 Å². The van der Waals surface area contributed by atoms with E-state index < -0.39 is 0 Å². The molecular weight excluding hydrogens is 232 g/mol. The van der Waals surface area contributed by atoms with Crippen LogP contribution in [0.15, 0.2) is 35.5 Å². The van der Waals surface area contributed by atoms with Gasteiger partial charge in [-0.2, -0.15) is 0 Å². The third-order valence-electron chi connectivity index (χ3n) is 3.08. The van der Waals surface area contributed by atoms with Gasteiger partial charge in [0, 0.05) is 6.42 Å². The van der Waals surface area contributed by atoms with Crippen molar-refractivity contribution in [3.63, 3.8) is 0 Å². The molecule has 0 spiro atoms. The molecule has 92 valence electrons. The van der Waals surface area contributed by atoms with Crippen LogP contribution in [0.2, 0.25) is 0 Å². The lowest BCUT2D eigenvalue weighted by Gasteiger charge is -2.09. The van der Waals surface area contributed by atoms with Crippen LogP contribution in [-0.4, -0.2) is 20.8 Å².